The average Bonchev–Trinajstić information content (AvgIpc) is 2.41. The number of hydrogen-bond acceptors (Lipinski definition) is 4. The molecule has 1 aliphatic heterocycles. The van der Waals surface area contributed by atoms with Crippen molar-refractivity contribution < 1.29 is 0 Å². The number of piperidine rings is 1. The van der Waals surface area contributed by atoms with Gasteiger partial charge in [-0.1, -0.05) is 13.3 Å². The largest absolute Gasteiger partial charge is 0.342 e. The van der Waals surface area contributed by atoms with Gasteiger partial charge in [-0.2, -0.15) is 0 Å². The maximum Gasteiger partial charge on any atom is 0.225 e. The first-order valence-corrected chi connectivity index (χ1v) is 6.93. The number of aromatic nitrogens is 2. The van der Waals surface area contributed by atoms with Crippen LogP contribution in [-0.4, -0.2) is 48.1 Å². The Morgan fingerprint density at radius 3 is 2.67 bits per heavy atom. The van der Waals surface area contributed by atoms with Crippen LogP contribution in [0.4, 0.5) is 5.95 Å². The number of rotatable bonds is 4. The summed E-state index contributed by atoms with van der Waals surface area (Å²) < 4.78 is 0. The SMILES string of the molecule is CCc1cnc(N(C)C[C@@H]2CCCCN2C)nc1. The minimum Gasteiger partial charge on any atom is -0.342 e. The lowest BCUT2D eigenvalue weighted by Gasteiger charge is -2.35. The van der Waals surface area contributed by atoms with Crippen molar-refractivity contribution in [3.63, 3.8) is 0 Å². The fraction of sp³-hybridized carbons (Fsp3) is 0.714. The molecule has 2 rings (SSSR count). The van der Waals surface area contributed by atoms with E-state index in [1.54, 1.807) is 0 Å². The maximum atomic E-state index is 4.44. The molecule has 18 heavy (non-hydrogen) atoms. The topological polar surface area (TPSA) is 32.3 Å². The maximum absolute atomic E-state index is 4.44. The number of aryl methyl sites for hydroxylation is 1. The van der Waals surface area contributed by atoms with Gasteiger partial charge in [-0.15, -0.1) is 0 Å². The first-order valence-electron chi connectivity index (χ1n) is 6.93. The lowest BCUT2D eigenvalue weighted by Crippen LogP contribution is -2.44. The number of likely N-dealkylation sites (N-methyl/N-ethyl adjacent to an activating group) is 2. The van der Waals surface area contributed by atoms with Crippen LogP contribution in [0.1, 0.15) is 31.7 Å². The van der Waals surface area contributed by atoms with Gasteiger partial charge in [0.25, 0.3) is 0 Å². The highest BCUT2D eigenvalue weighted by Gasteiger charge is 2.21. The second kappa shape index (κ2) is 6.14. The Kier molecular flexibility index (Phi) is 4.53. The predicted octanol–water partition coefficient (Wildman–Crippen LogP) is 1.96. The van der Waals surface area contributed by atoms with E-state index in [2.05, 4.69) is 40.8 Å². The Morgan fingerprint density at radius 1 is 1.33 bits per heavy atom. The Bertz CT molecular complexity index is 363. The van der Waals surface area contributed by atoms with Gasteiger partial charge < -0.3 is 9.80 Å². The van der Waals surface area contributed by atoms with Gasteiger partial charge in [0.15, 0.2) is 0 Å². The zero-order chi connectivity index (χ0) is 13.0. The van der Waals surface area contributed by atoms with Crippen LogP contribution >= 0.6 is 0 Å². The van der Waals surface area contributed by atoms with Crippen molar-refractivity contribution in [1.82, 2.24) is 14.9 Å². The van der Waals surface area contributed by atoms with E-state index in [1.807, 2.05) is 12.4 Å². The van der Waals surface area contributed by atoms with Gasteiger partial charge in [-0.25, -0.2) is 9.97 Å². The Morgan fingerprint density at radius 2 is 2.06 bits per heavy atom. The van der Waals surface area contributed by atoms with E-state index in [0.717, 1.165) is 18.9 Å². The van der Waals surface area contributed by atoms with Crippen LogP contribution in [0.25, 0.3) is 0 Å². The molecule has 0 amide bonds. The minimum atomic E-state index is 0.637. The number of hydrogen-bond donors (Lipinski definition) is 0. The first-order chi connectivity index (χ1) is 8.70. The van der Waals surface area contributed by atoms with Crippen LogP contribution in [0.5, 0.6) is 0 Å². The first kappa shape index (κ1) is 13.3. The Hall–Kier alpha value is -1.16. The van der Waals surface area contributed by atoms with Crippen molar-refractivity contribution in [2.24, 2.45) is 0 Å². The quantitative estimate of drug-likeness (QED) is 0.815. The highest BCUT2D eigenvalue weighted by atomic mass is 15.3. The molecule has 0 bridgehead atoms. The van der Waals surface area contributed by atoms with Crippen molar-refractivity contribution in [3.05, 3.63) is 18.0 Å². The molecule has 0 N–H and O–H groups in total. The fourth-order valence-corrected chi connectivity index (χ4v) is 2.50. The van der Waals surface area contributed by atoms with Crippen LogP contribution in [0.2, 0.25) is 0 Å². The standard InChI is InChI=1S/C14H24N4/c1-4-12-9-15-14(16-10-12)18(3)11-13-7-5-6-8-17(13)2/h9-10,13H,4-8,11H2,1-3H3/t13-/m0/s1. The molecule has 0 saturated carbocycles. The number of anilines is 1. The Balaban J connectivity index is 1.95. The molecule has 0 spiro atoms. The summed E-state index contributed by atoms with van der Waals surface area (Å²) in [5.74, 6) is 0.839. The molecule has 2 heterocycles. The van der Waals surface area contributed by atoms with E-state index in [0.29, 0.717) is 6.04 Å². The second-order valence-corrected chi connectivity index (χ2v) is 5.26. The molecule has 4 heteroatoms. The van der Waals surface area contributed by atoms with E-state index in [-0.39, 0.29) is 0 Å². The zero-order valence-corrected chi connectivity index (χ0v) is 11.8. The lowest BCUT2D eigenvalue weighted by molar-refractivity contribution is 0.189. The summed E-state index contributed by atoms with van der Waals surface area (Å²) in [5.41, 5.74) is 1.20. The van der Waals surface area contributed by atoms with Crippen LogP contribution < -0.4 is 4.90 Å². The van der Waals surface area contributed by atoms with E-state index >= 15 is 0 Å². The summed E-state index contributed by atoms with van der Waals surface area (Å²) in [6.07, 6.45) is 8.83. The van der Waals surface area contributed by atoms with Crippen LogP contribution in [0.3, 0.4) is 0 Å². The van der Waals surface area contributed by atoms with Crippen molar-refractivity contribution in [3.8, 4) is 0 Å². The van der Waals surface area contributed by atoms with Gasteiger partial charge in [0.1, 0.15) is 0 Å². The van der Waals surface area contributed by atoms with Crippen LogP contribution in [0.15, 0.2) is 12.4 Å². The van der Waals surface area contributed by atoms with Gasteiger partial charge in [0.05, 0.1) is 0 Å². The molecule has 100 valence electrons. The van der Waals surface area contributed by atoms with Crippen LogP contribution in [-0.2, 0) is 6.42 Å². The van der Waals surface area contributed by atoms with Crippen molar-refractivity contribution >= 4 is 5.95 Å². The van der Waals surface area contributed by atoms with Gasteiger partial charge in [-0.05, 0) is 38.4 Å². The molecule has 1 aromatic rings. The molecular weight excluding hydrogens is 224 g/mol. The molecule has 1 atom stereocenters. The summed E-state index contributed by atoms with van der Waals surface area (Å²) in [5, 5.41) is 0. The molecule has 4 nitrogen and oxygen atoms in total. The summed E-state index contributed by atoms with van der Waals surface area (Å²) >= 11 is 0. The molecule has 1 aliphatic rings. The van der Waals surface area contributed by atoms with Crippen molar-refractivity contribution in [1.29, 1.82) is 0 Å². The molecule has 0 radical (unpaired) electrons. The van der Waals surface area contributed by atoms with Gasteiger partial charge >= 0.3 is 0 Å². The number of likely N-dealkylation sites (tertiary alicyclic amines) is 1. The average molecular weight is 248 g/mol. The van der Waals surface area contributed by atoms with Crippen molar-refractivity contribution in [2.45, 2.75) is 38.6 Å². The molecule has 0 unspecified atom stereocenters. The van der Waals surface area contributed by atoms with Gasteiger partial charge in [-0.3, -0.25) is 0 Å². The highest BCUT2D eigenvalue weighted by Crippen LogP contribution is 2.17. The third-order valence-electron chi connectivity index (χ3n) is 3.85. The van der Waals surface area contributed by atoms with E-state index in [1.165, 1.54) is 31.4 Å². The van der Waals surface area contributed by atoms with Crippen LogP contribution in [0, 0.1) is 0 Å². The summed E-state index contributed by atoms with van der Waals surface area (Å²) in [7, 11) is 4.31. The third kappa shape index (κ3) is 3.19. The molecule has 0 aliphatic carbocycles. The monoisotopic (exact) mass is 248 g/mol. The third-order valence-corrected chi connectivity index (χ3v) is 3.85. The number of nitrogens with zero attached hydrogens (tertiary/aromatic N) is 4. The Labute approximate surface area is 110 Å². The smallest absolute Gasteiger partial charge is 0.225 e. The molecule has 1 saturated heterocycles. The molecule has 1 fully saturated rings. The van der Waals surface area contributed by atoms with E-state index in [9.17, 15) is 0 Å². The van der Waals surface area contributed by atoms with Gasteiger partial charge in [0, 0.05) is 32.0 Å². The minimum absolute atomic E-state index is 0.637. The molecular formula is C14H24N4. The summed E-state index contributed by atoms with van der Waals surface area (Å²) in [4.78, 5) is 13.5. The van der Waals surface area contributed by atoms with E-state index in [4.69, 9.17) is 0 Å². The van der Waals surface area contributed by atoms with Crippen molar-refractivity contribution in [2.75, 3.05) is 32.1 Å². The zero-order valence-electron chi connectivity index (χ0n) is 11.8. The second-order valence-electron chi connectivity index (χ2n) is 5.26. The summed E-state index contributed by atoms with van der Waals surface area (Å²) in [6, 6.07) is 0.637. The lowest BCUT2D eigenvalue weighted by atomic mass is 10.0. The molecule has 0 aromatic carbocycles. The van der Waals surface area contributed by atoms with Gasteiger partial charge in [0.2, 0.25) is 5.95 Å². The normalized spacial score (nSPS) is 20.9. The van der Waals surface area contributed by atoms with E-state index < -0.39 is 0 Å². The fourth-order valence-electron chi connectivity index (χ4n) is 2.50. The summed E-state index contributed by atoms with van der Waals surface area (Å²) in [6.45, 7) is 4.36. The predicted molar refractivity (Wildman–Crippen MR) is 74.9 cm³/mol. The highest BCUT2D eigenvalue weighted by molar-refractivity contribution is 5.28. The molecule has 1 aromatic heterocycles.